The highest BCUT2D eigenvalue weighted by Crippen LogP contribution is 2.64. The number of ketones is 1. The summed E-state index contributed by atoms with van der Waals surface area (Å²) in [5, 5.41) is 12.7. The molecule has 3 aliphatic carbocycles. The number of fused-ring (bicyclic) bond motifs is 3. The number of methoxy groups -OCH3 is 1. The first-order chi connectivity index (χ1) is 20.1. The molecule has 3 N–H and O–H groups in total. The Morgan fingerprint density at radius 3 is 2.42 bits per heavy atom. The molecule has 1 saturated heterocycles. The summed E-state index contributed by atoms with van der Waals surface area (Å²) in [6, 6.07) is 1.51. The standard InChI is InChI=1S/C20H24FN3O4.C10H16O4S/c1-22-11-4-3-7-23(9-11)17-15(21)8-13-16(19(17)28-2)24(12-5-6-12)10-14(18(13)25)20(26)27;1-9(2)7-3-4-10(9,8(11)5-7)6-15(12,13)14/h8,10-12,22H,3-7,9H2,1-2H3,(H,26,27);7H,3-6H2,1-2H3,(H,12,13,14)/t;7-,10+/m.1/s1. The van der Waals surface area contributed by atoms with Crippen LogP contribution in [0.1, 0.15) is 75.2 Å². The van der Waals surface area contributed by atoms with Crippen molar-refractivity contribution in [3.8, 4) is 5.75 Å². The van der Waals surface area contributed by atoms with Gasteiger partial charge in [0.2, 0.25) is 5.43 Å². The molecule has 43 heavy (non-hydrogen) atoms. The van der Waals surface area contributed by atoms with Crippen molar-refractivity contribution in [1.82, 2.24) is 9.88 Å². The molecule has 1 aromatic heterocycles. The lowest BCUT2D eigenvalue weighted by Crippen LogP contribution is -2.45. The Hall–Kier alpha value is -3.03. The van der Waals surface area contributed by atoms with Crippen LogP contribution in [-0.2, 0) is 14.9 Å². The number of likely N-dealkylation sites (N-methyl/N-ethyl adjacent to an activating group) is 1. The topological polar surface area (TPSA) is 155 Å². The number of nitrogens with zero attached hydrogens (tertiary/aromatic N) is 2. The fraction of sp³-hybridized carbons (Fsp3) is 0.633. The number of benzene rings is 1. The van der Waals surface area contributed by atoms with Gasteiger partial charge in [0, 0.05) is 37.8 Å². The van der Waals surface area contributed by atoms with E-state index in [9.17, 15) is 27.9 Å². The molecule has 3 atom stereocenters. The van der Waals surface area contributed by atoms with Crippen LogP contribution in [0.2, 0.25) is 0 Å². The van der Waals surface area contributed by atoms with Crippen molar-refractivity contribution in [3.05, 3.63) is 33.9 Å². The number of rotatable bonds is 7. The van der Waals surface area contributed by atoms with E-state index >= 15 is 4.39 Å². The van der Waals surface area contributed by atoms with Crippen LogP contribution in [0.5, 0.6) is 5.75 Å². The number of ether oxygens (including phenoxy) is 1. The lowest BCUT2D eigenvalue weighted by atomic mass is 9.70. The van der Waals surface area contributed by atoms with Crippen LogP contribution >= 0.6 is 0 Å². The summed E-state index contributed by atoms with van der Waals surface area (Å²) in [5.41, 5.74) is -1.34. The van der Waals surface area contributed by atoms with Gasteiger partial charge in [-0.2, -0.15) is 8.42 Å². The second kappa shape index (κ2) is 11.2. The minimum Gasteiger partial charge on any atom is -0.492 e. The van der Waals surface area contributed by atoms with E-state index in [0.717, 1.165) is 32.1 Å². The molecule has 2 aromatic rings. The van der Waals surface area contributed by atoms with Gasteiger partial charge in [0.05, 0.1) is 29.2 Å². The maximum absolute atomic E-state index is 15.2. The number of hydrogen-bond acceptors (Lipinski definition) is 8. The average Bonchev–Trinajstić information content (AvgIpc) is 3.73. The molecule has 4 aliphatic rings. The molecule has 11 nitrogen and oxygen atoms in total. The summed E-state index contributed by atoms with van der Waals surface area (Å²) in [5.74, 6) is -1.68. The lowest BCUT2D eigenvalue weighted by molar-refractivity contribution is -0.128. The zero-order valence-corrected chi connectivity index (χ0v) is 25.8. The first-order valence-corrected chi connectivity index (χ1v) is 16.4. The van der Waals surface area contributed by atoms with Crippen LogP contribution in [0.25, 0.3) is 10.9 Å². The predicted octanol–water partition coefficient (Wildman–Crippen LogP) is 3.64. The summed E-state index contributed by atoms with van der Waals surface area (Å²) in [4.78, 5) is 38.1. The number of halogens is 1. The van der Waals surface area contributed by atoms with Crippen molar-refractivity contribution in [2.45, 2.75) is 70.9 Å². The highest BCUT2D eigenvalue weighted by atomic mass is 32.2. The Labute approximate surface area is 250 Å². The smallest absolute Gasteiger partial charge is 0.341 e. The van der Waals surface area contributed by atoms with Crippen molar-refractivity contribution >= 4 is 38.5 Å². The van der Waals surface area contributed by atoms with Gasteiger partial charge in [-0.3, -0.25) is 14.1 Å². The molecule has 2 bridgehead atoms. The van der Waals surface area contributed by atoms with Crippen molar-refractivity contribution in [2.75, 3.05) is 37.9 Å². The number of Topliss-reactive ketones (excluding diaryl/α,β-unsaturated/α-hetero) is 1. The second-order valence-corrected chi connectivity index (χ2v) is 14.4. The Morgan fingerprint density at radius 1 is 1.21 bits per heavy atom. The number of nitrogens with one attached hydrogen (secondary N) is 1. The third kappa shape index (κ3) is 5.44. The Morgan fingerprint density at radius 2 is 1.91 bits per heavy atom. The molecular weight excluding hydrogens is 581 g/mol. The fourth-order valence-corrected chi connectivity index (χ4v) is 8.86. The Bertz CT molecular complexity index is 1630. The first kappa shape index (κ1) is 31.4. The minimum absolute atomic E-state index is 0.0152. The Balaban J connectivity index is 0.000000207. The lowest BCUT2D eigenvalue weighted by Gasteiger charge is -2.35. The average molecular weight is 622 g/mol. The van der Waals surface area contributed by atoms with Gasteiger partial charge in [-0.15, -0.1) is 0 Å². The van der Waals surface area contributed by atoms with Crippen LogP contribution in [0.4, 0.5) is 10.1 Å². The number of pyridine rings is 1. The zero-order valence-electron chi connectivity index (χ0n) is 25.0. The summed E-state index contributed by atoms with van der Waals surface area (Å²) in [7, 11) is -0.725. The highest BCUT2D eigenvalue weighted by molar-refractivity contribution is 7.85. The largest absolute Gasteiger partial charge is 0.492 e. The van der Waals surface area contributed by atoms with Crippen LogP contribution in [0.15, 0.2) is 17.1 Å². The molecule has 0 radical (unpaired) electrons. The third-order valence-corrected chi connectivity index (χ3v) is 11.1. The van der Waals surface area contributed by atoms with E-state index < -0.39 is 38.5 Å². The second-order valence-electron chi connectivity index (χ2n) is 12.9. The molecule has 236 valence electrons. The van der Waals surface area contributed by atoms with Crippen LogP contribution in [0.3, 0.4) is 0 Å². The van der Waals surface area contributed by atoms with Gasteiger partial charge in [0.25, 0.3) is 10.1 Å². The van der Waals surface area contributed by atoms with E-state index in [2.05, 4.69) is 5.32 Å². The van der Waals surface area contributed by atoms with Gasteiger partial charge >= 0.3 is 5.97 Å². The number of aromatic nitrogens is 1. The van der Waals surface area contributed by atoms with Gasteiger partial charge in [0.15, 0.2) is 11.6 Å². The molecule has 1 unspecified atom stereocenters. The van der Waals surface area contributed by atoms with Gasteiger partial charge in [-0.1, -0.05) is 13.8 Å². The van der Waals surface area contributed by atoms with Crippen molar-refractivity contribution in [1.29, 1.82) is 0 Å². The fourth-order valence-electron chi connectivity index (χ4n) is 7.56. The zero-order chi connectivity index (χ0) is 31.5. The third-order valence-electron chi connectivity index (χ3n) is 10.3. The molecule has 1 aromatic carbocycles. The summed E-state index contributed by atoms with van der Waals surface area (Å²) in [6.45, 7) is 5.22. The highest BCUT2D eigenvalue weighted by Gasteiger charge is 2.65. The maximum Gasteiger partial charge on any atom is 0.341 e. The number of carbonyl (C=O) groups is 2. The molecule has 13 heteroatoms. The van der Waals surface area contributed by atoms with E-state index in [1.54, 1.807) is 4.57 Å². The van der Waals surface area contributed by atoms with Gasteiger partial charge in [-0.25, -0.2) is 9.18 Å². The van der Waals surface area contributed by atoms with Crippen LogP contribution in [0, 0.1) is 22.6 Å². The van der Waals surface area contributed by atoms with E-state index in [-0.39, 0.29) is 40.1 Å². The quantitative estimate of drug-likeness (QED) is 0.390. The number of carboxylic acids is 1. The summed E-state index contributed by atoms with van der Waals surface area (Å²) < 4.78 is 53.6. The van der Waals surface area contributed by atoms with Crippen molar-refractivity contribution in [3.63, 3.8) is 0 Å². The molecule has 0 spiro atoms. The molecular formula is C30H40FN3O8S. The van der Waals surface area contributed by atoms with Gasteiger partial charge in [-0.05, 0) is 63.0 Å². The summed E-state index contributed by atoms with van der Waals surface area (Å²) >= 11 is 0. The van der Waals surface area contributed by atoms with Crippen molar-refractivity contribution < 1.29 is 36.8 Å². The van der Waals surface area contributed by atoms with Gasteiger partial charge < -0.3 is 24.6 Å². The number of piperidine rings is 1. The predicted molar refractivity (Wildman–Crippen MR) is 159 cm³/mol. The number of carboxylic acid groups (broad SMARTS) is 1. The minimum atomic E-state index is -4.08. The normalized spacial score (nSPS) is 26.4. The van der Waals surface area contributed by atoms with Crippen LogP contribution < -0.4 is 20.4 Å². The van der Waals surface area contributed by atoms with Crippen molar-refractivity contribution in [2.24, 2.45) is 16.7 Å². The van der Waals surface area contributed by atoms with E-state index in [4.69, 9.17) is 9.29 Å². The number of aromatic carboxylic acids is 1. The first-order valence-electron chi connectivity index (χ1n) is 14.7. The van der Waals surface area contributed by atoms with E-state index in [0.29, 0.717) is 42.9 Å². The number of carbonyl (C=O) groups excluding carboxylic acids is 1. The van der Waals surface area contributed by atoms with Gasteiger partial charge in [0.1, 0.15) is 17.0 Å². The van der Waals surface area contributed by atoms with E-state index in [1.807, 2.05) is 25.8 Å². The molecule has 3 saturated carbocycles. The molecule has 6 rings (SSSR count). The molecule has 2 heterocycles. The van der Waals surface area contributed by atoms with E-state index in [1.165, 1.54) is 19.4 Å². The monoisotopic (exact) mass is 621 g/mol. The number of hydrogen-bond donors (Lipinski definition) is 3. The maximum atomic E-state index is 15.2. The Kier molecular flexibility index (Phi) is 8.14. The van der Waals surface area contributed by atoms with Crippen LogP contribution in [-0.4, -0.2) is 73.4 Å². The molecule has 1 aliphatic heterocycles. The summed E-state index contributed by atoms with van der Waals surface area (Å²) in [6.07, 6.45) is 7.05. The number of anilines is 1. The molecule has 0 amide bonds. The SMILES string of the molecule is CC1(C)[C@@H]2CC[C@]1(CS(=O)(=O)O)C(=O)C2.CNC1CCCN(c2c(F)cc3c(=O)c(C(=O)O)cn(C4CC4)c3c2OC)C1. The molecule has 4 fully saturated rings.